The monoisotopic (exact) mass is 340 g/mol. The second kappa shape index (κ2) is 5.49. The Kier molecular flexibility index (Phi) is 4.06. The van der Waals surface area contributed by atoms with Crippen LogP contribution in [-0.4, -0.2) is 13.4 Å². The van der Waals surface area contributed by atoms with E-state index < -0.39 is 43.9 Å². The van der Waals surface area contributed by atoms with Crippen molar-refractivity contribution >= 4 is 27.3 Å². The number of halogens is 5. The van der Waals surface area contributed by atoms with E-state index in [1.165, 1.54) is 10.9 Å². The summed E-state index contributed by atoms with van der Waals surface area (Å²) in [5, 5.41) is -0.282. The first-order valence-electron chi connectivity index (χ1n) is 5.19. The van der Waals surface area contributed by atoms with Crippen molar-refractivity contribution in [1.29, 1.82) is 0 Å². The molecule has 0 fully saturated rings. The minimum Gasteiger partial charge on any atom is -0.274 e. The topological polar surface area (TPSA) is 59.1 Å². The molecule has 1 aromatic heterocycles. The third kappa shape index (κ3) is 2.93. The van der Waals surface area contributed by atoms with E-state index in [4.69, 9.17) is 11.6 Å². The molecule has 0 aliphatic heterocycles. The van der Waals surface area contributed by atoms with Gasteiger partial charge in [0.2, 0.25) is 0 Å². The van der Waals surface area contributed by atoms with Crippen LogP contribution in [-0.2, 0) is 10.0 Å². The van der Waals surface area contributed by atoms with Gasteiger partial charge in [0.1, 0.15) is 10.6 Å². The molecule has 1 N–H and O–H groups in total. The van der Waals surface area contributed by atoms with E-state index in [1.807, 2.05) is 0 Å². The van der Waals surface area contributed by atoms with Crippen LogP contribution in [0.3, 0.4) is 0 Å². The number of nitrogens with zero attached hydrogens (tertiary/aromatic N) is 1. The quantitative estimate of drug-likeness (QED) is 0.690. The van der Waals surface area contributed by atoms with Gasteiger partial charge in [0.05, 0.1) is 5.02 Å². The minimum atomic E-state index is -4.58. The summed E-state index contributed by atoms with van der Waals surface area (Å²) in [6, 6.07) is 1.08. The molecule has 1 heterocycles. The zero-order chi connectivity index (χ0) is 15.8. The highest BCUT2D eigenvalue weighted by Crippen LogP contribution is 2.28. The Hall–Kier alpha value is -1.87. The third-order valence-electron chi connectivity index (χ3n) is 2.37. The van der Waals surface area contributed by atoms with Crippen LogP contribution in [0.25, 0.3) is 0 Å². The van der Waals surface area contributed by atoms with Crippen molar-refractivity contribution in [3.05, 3.63) is 52.8 Å². The SMILES string of the molecule is O=S(=O)(Nc1c(F)c(F)cc(F)c1F)c1cnccc1Cl. The fourth-order valence-corrected chi connectivity index (χ4v) is 2.90. The van der Waals surface area contributed by atoms with E-state index >= 15 is 0 Å². The van der Waals surface area contributed by atoms with Gasteiger partial charge in [-0.15, -0.1) is 0 Å². The Labute approximate surface area is 121 Å². The summed E-state index contributed by atoms with van der Waals surface area (Å²) in [5.74, 6) is -7.25. The molecule has 0 spiro atoms. The zero-order valence-electron chi connectivity index (χ0n) is 9.87. The van der Waals surface area contributed by atoms with E-state index in [9.17, 15) is 26.0 Å². The molecule has 0 radical (unpaired) electrons. The Morgan fingerprint density at radius 2 is 1.67 bits per heavy atom. The first-order valence-corrected chi connectivity index (χ1v) is 7.05. The Morgan fingerprint density at radius 3 is 2.19 bits per heavy atom. The third-order valence-corrected chi connectivity index (χ3v) is 4.19. The van der Waals surface area contributed by atoms with Crippen molar-refractivity contribution in [3.8, 4) is 0 Å². The van der Waals surface area contributed by atoms with E-state index in [0.29, 0.717) is 0 Å². The van der Waals surface area contributed by atoms with E-state index in [2.05, 4.69) is 4.98 Å². The van der Waals surface area contributed by atoms with E-state index in [1.54, 1.807) is 0 Å². The fourth-order valence-electron chi connectivity index (χ4n) is 1.41. The van der Waals surface area contributed by atoms with Crippen LogP contribution in [0.2, 0.25) is 5.02 Å². The van der Waals surface area contributed by atoms with Crippen molar-refractivity contribution in [2.45, 2.75) is 4.90 Å². The standard InChI is InChI=1S/C11H5ClF4N2O2S/c12-5-1-2-17-4-8(5)21(19,20)18-11-9(15)6(13)3-7(14)10(11)16/h1-4,18H. The van der Waals surface area contributed by atoms with Gasteiger partial charge < -0.3 is 0 Å². The average molecular weight is 341 g/mol. The number of hydrogen-bond donors (Lipinski definition) is 1. The molecule has 0 amide bonds. The van der Waals surface area contributed by atoms with Crippen LogP contribution in [0.1, 0.15) is 0 Å². The molecule has 112 valence electrons. The minimum absolute atomic E-state index is 0.0421. The predicted molar refractivity (Wildman–Crippen MR) is 66.3 cm³/mol. The Morgan fingerprint density at radius 1 is 1.10 bits per heavy atom. The molecule has 0 bridgehead atoms. The fraction of sp³-hybridized carbons (Fsp3) is 0. The van der Waals surface area contributed by atoms with Crippen LogP contribution >= 0.6 is 11.6 Å². The summed E-state index contributed by atoms with van der Waals surface area (Å²) >= 11 is 5.62. The molecule has 1 aromatic carbocycles. The van der Waals surface area contributed by atoms with Crippen LogP contribution < -0.4 is 4.72 Å². The summed E-state index contributed by atoms with van der Waals surface area (Å²) in [4.78, 5) is 2.89. The highest BCUT2D eigenvalue weighted by Gasteiger charge is 2.25. The number of anilines is 1. The molecule has 2 aromatic rings. The molecule has 0 aliphatic rings. The lowest BCUT2D eigenvalue weighted by atomic mass is 10.3. The first kappa shape index (κ1) is 15.5. The van der Waals surface area contributed by atoms with Gasteiger partial charge in [-0.05, 0) is 6.07 Å². The summed E-state index contributed by atoms with van der Waals surface area (Å²) in [6.07, 6.45) is 2.00. The molecule has 4 nitrogen and oxygen atoms in total. The molecule has 2 rings (SSSR count). The second-order valence-corrected chi connectivity index (χ2v) is 5.81. The molecular weight excluding hydrogens is 336 g/mol. The lowest BCUT2D eigenvalue weighted by Gasteiger charge is -2.11. The van der Waals surface area contributed by atoms with E-state index in [0.717, 1.165) is 12.3 Å². The van der Waals surface area contributed by atoms with Gasteiger partial charge in [-0.1, -0.05) is 11.6 Å². The predicted octanol–water partition coefficient (Wildman–Crippen LogP) is 3.09. The van der Waals surface area contributed by atoms with E-state index in [-0.39, 0.29) is 11.1 Å². The van der Waals surface area contributed by atoms with Crippen LogP contribution in [0.5, 0.6) is 0 Å². The number of hydrogen-bond acceptors (Lipinski definition) is 3. The summed E-state index contributed by atoms with van der Waals surface area (Å²) in [5.41, 5.74) is -1.48. The number of pyridine rings is 1. The molecule has 0 saturated carbocycles. The van der Waals surface area contributed by atoms with Gasteiger partial charge in [-0.2, -0.15) is 0 Å². The lowest BCUT2D eigenvalue weighted by Crippen LogP contribution is -2.17. The number of sulfonamides is 1. The maximum Gasteiger partial charge on any atom is 0.265 e. The number of rotatable bonds is 3. The van der Waals surface area contributed by atoms with Crippen LogP contribution in [0.4, 0.5) is 23.2 Å². The van der Waals surface area contributed by atoms with Gasteiger partial charge in [0, 0.05) is 18.5 Å². The number of aromatic nitrogens is 1. The van der Waals surface area contributed by atoms with Crippen molar-refractivity contribution in [2.24, 2.45) is 0 Å². The molecular formula is C11H5ClF4N2O2S. The maximum atomic E-state index is 13.4. The van der Waals surface area contributed by atoms with Crippen molar-refractivity contribution in [1.82, 2.24) is 4.98 Å². The molecule has 0 atom stereocenters. The summed E-state index contributed by atoms with van der Waals surface area (Å²) in [7, 11) is -4.58. The van der Waals surface area contributed by atoms with Crippen molar-refractivity contribution in [2.75, 3.05) is 4.72 Å². The number of benzene rings is 1. The molecule has 0 aliphatic carbocycles. The smallest absolute Gasteiger partial charge is 0.265 e. The normalized spacial score (nSPS) is 11.5. The Balaban J connectivity index is 2.55. The largest absolute Gasteiger partial charge is 0.274 e. The lowest BCUT2D eigenvalue weighted by molar-refractivity contribution is 0.459. The molecule has 21 heavy (non-hydrogen) atoms. The molecule has 10 heteroatoms. The first-order chi connectivity index (χ1) is 9.74. The van der Waals surface area contributed by atoms with Crippen LogP contribution in [0, 0.1) is 23.3 Å². The average Bonchev–Trinajstić information content (AvgIpc) is 2.42. The van der Waals surface area contributed by atoms with Crippen LogP contribution in [0.15, 0.2) is 29.4 Å². The van der Waals surface area contributed by atoms with Gasteiger partial charge in [0.15, 0.2) is 23.3 Å². The summed E-state index contributed by atoms with van der Waals surface area (Å²) in [6.45, 7) is 0. The molecule has 0 unspecified atom stereocenters. The highest BCUT2D eigenvalue weighted by molar-refractivity contribution is 7.92. The Bertz CT molecular complexity index is 788. The van der Waals surface area contributed by atoms with Crippen molar-refractivity contribution in [3.63, 3.8) is 0 Å². The molecule has 0 saturated heterocycles. The van der Waals surface area contributed by atoms with Gasteiger partial charge in [-0.25, -0.2) is 26.0 Å². The number of nitrogens with one attached hydrogen (secondary N) is 1. The van der Waals surface area contributed by atoms with Gasteiger partial charge in [0.25, 0.3) is 10.0 Å². The summed E-state index contributed by atoms with van der Waals surface area (Å²) < 4.78 is 78.2. The zero-order valence-corrected chi connectivity index (χ0v) is 11.4. The highest BCUT2D eigenvalue weighted by atomic mass is 35.5. The van der Waals surface area contributed by atoms with Gasteiger partial charge in [-0.3, -0.25) is 9.71 Å². The second-order valence-electron chi connectivity index (χ2n) is 3.75. The maximum absolute atomic E-state index is 13.4. The van der Waals surface area contributed by atoms with Gasteiger partial charge >= 0.3 is 0 Å². The van der Waals surface area contributed by atoms with Crippen molar-refractivity contribution < 1.29 is 26.0 Å².